The van der Waals surface area contributed by atoms with Gasteiger partial charge in [-0.1, -0.05) is 303 Å². The van der Waals surface area contributed by atoms with Crippen LogP contribution in [0.3, 0.4) is 0 Å². The van der Waals surface area contributed by atoms with Crippen LogP contribution in [0.5, 0.6) is 0 Å². The van der Waals surface area contributed by atoms with Gasteiger partial charge in [0.1, 0.15) is 23.3 Å². The van der Waals surface area contributed by atoms with E-state index in [1.54, 1.807) is 0 Å². The van der Waals surface area contributed by atoms with Crippen LogP contribution in [0.15, 0.2) is 340 Å². The van der Waals surface area contributed by atoms with Gasteiger partial charge in [0.25, 0.3) is 0 Å². The molecule has 0 saturated heterocycles. The molecule has 21 rings (SSSR count). The monoisotopic (exact) mass is 1270 g/mol. The largest absolute Gasteiger partial charge is 0.306 e. The molecule has 4 aromatic heterocycles. The summed E-state index contributed by atoms with van der Waals surface area (Å²) < 4.78 is 9.53. The number of hydrogen-bond acceptors (Lipinski definition) is 2. The van der Waals surface area contributed by atoms with Gasteiger partial charge >= 0.3 is 0 Å². The fourth-order valence-corrected chi connectivity index (χ4v) is 18.5. The van der Waals surface area contributed by atoms with Gasteiger partial charge in [-0.3, -0.25) is 0 Å². The van der Waals surface area contributed by atoms with Crippen molar-refractivity contribution in [3.63, 3.8) is 0 Å². The molecule has 6 nitrogen and oxygen atoms in total. The molecule has 6 heteroatoms. The van der Waals surface area contributed by atoms with Crippen molar-refractivity contribution < 1.29 is 0 Å². The average Bonchev–Trinajstić information content (AvgIpc) is 1.50. The quantitative estimate of drug-likeness (QED) is 0.152. The van der Waals surface area contributed by atoms with E-state index in [0.29, 0.717) is 33.9 Å². The van der Waals surface area contributed by atoms with Gasteiger partial charge in [-0.05, 0) is 92.0 Å². The molecule has 0 bridgehead atoms. The van der Waals surface area contributed by atoms with Crippen LogP contribution in [-0.2, 0) is 10.8 Å². The zero-order valence-corrected chi connectivity index (χ0v) is 54.0. The fourth-order valence-electron chi connectivity index (χ4n) is 18.5. The van der Waals surface area contributed by atoms with Crippen molar-refractivity contribution in [3.05, 3.63) is 395 Å². The lowest BCUT2D eigenvalue weighted by molar-refractivity contribution is 0.769. The number of nitriles is 2. The Morgan fingerprint density at radius 3 is 0.790 bits per heavy atom. The first-order valence-corrected chi connectivity index (χ1v) is 34.2. The summed E-state index contributed by atoms with van der Waals surface area (Å²) >= 11 is 0. The van der Waals surface area contributed by atoms with Crippen molar-refractivity contribution in [2.75, 3.05) is 0 Å². The van der Waals surface area contributed by atoms with Gasteiger partial charge in [0.2, 0.25) is 0 Å². The number of para-hydroxylation sites is 6. The lowest BCUT2D eigenvalue weighted by Crippen LogP contribution is -2.28. The van der Waals surface area contributed by atoms with Gasteiger partial charge in [0.15, 0.2) is 0 Å². The van der Waals surface area contributed by atoms with Crippen LogP contribution in [0.25, 0.3) is 132 Å². The Balaban J connectivity index is 1.04. The minimum absolute atomic E-state index is 0.341. The van der Waals surface area contributed by atoms with Gasteiger partial charge in [0.05, 0.1) is 77.7 Å². The van der Waals surface area contributed by atoms with Crippen molar-refractivity contribution in [1.82, 2.24) is 18.3 Å². The second-order valence-electron chi connectivity index (χ2n) is 26.6. The number of rotatable bonds is 8. The van der Waals surface area contributed by atoms with Gasteiger partial charge in [-0.25, -0.2) is 0 Å². The summed E-state index contributed by atoms with van der Waals surface area (Å²) in [5.74, 6) is 0. The molecule has 0 amide bonds. The van der Waals surface area contributed by atoms with E-state index in [-0.39, 0.29) is 0 Å². The number of aromatic nitrogens is 4. The molecule has 0 aliphatic heterocycles. The fraction of sp³-hybridized carbons (Fsp3) is 0.0213. The molecule has 2 aliphatic carbocycles. The molecule has 15 aromatic carbocycles. The van der Waals surface area contributed by atoms with Crippen LogP contribution in [-0.4, -0.2) is 18.3 Å². The standard InChI is InChI=1S/C94H56N6/c95-57-73-87(99-83-51-27-19-41-67(83)69-53-55-77-85(88(69)99)71-43-13-21-45-75(71)93(77,59-29-5-1-6-30-59)60-31-7-2-8-32-60)74(58-96)91(98-81-49-25-17-39-65(81)66-40-18-26-50-82(66)98)92(90(73)97-79-47-23-15-37-63(79)64-38-16-24-48-80(64)97)100-84-52-28-20-42-68(84)70-54-56-78-86(89(70)100)72-44-14-22-46-76(72)94(78,61-33-9-3-10-34-61)62-35-11-4-12-36-62/h1-56H. The van der Waals surface area contributed by atoms with Gasteiger partial charge in [0, 0.05) is 54.2 Å². The van der Waals surface area contributed by atoms with E-state index in [0.717, 1.165) is 148 Å². The smallest absolute Gasteiger partial charge is 0.104 e. The number of hydrogen-bond donors (Lipinski definition) is 0. The Bertz CT molecular complexity index is 6450. The summed E-state index contributed by atoms with van der Waals surface area (Å²) in [5.41, 5.74) is 22.4. The SMILES string of the molecule is N#Cc1c(-n2c3ccccc3c3ccccc32)c(-n2c3ccccc3c3ccc4c(c32)-c2ccccc2C4(c2ccccc2)c2ccccc2)c(-n2c3ccccc3c3ccccc32)c(C#N)c1-n1c2ccccc2c2ccc3c(c21)-c1ccccc1C3(c1ccccc1)c1ccccc1. The molecule has 100 heavy (non-hydrogen) atoms. The lowest BCUT2D eigenvalue weighted by atomic mass is 9.67. The van der Waals surface area contributed by atoms with E-state index < -0.39 is 10.8 Å². The molecular formula is C94H56N6. The second kappa shape index (κ2) is 21.0. The van der Waals surface area contributed by atoms with Crippen molar-refractivity contribution in [2.45, 2.75) is 10.8 Å². The molecule has 2 aliphatic rings. The van der Waals surface area contributed by atoms with Crippen LogP contribution < -0.4 is 0 Å². The Labute approximate surface area is 575 Å². The van der Waals surface area contributed by atoms with Crippen LogP contribution >= 0.6 is 0 Å². The third kappa shape index (κ3) is 7.07. The summed E-state index contributed by atoms with van der Waals surface area (Å²) in [7, 11) is 0. The molecule has 0 radical (unpaired) electrons. The maximum Gasteiger partial charge on any atom is 0.104 e. The molecule has 0 N–H and O–H groups in total. The number of fused-ring (bicyclic) bond motifs is 20. The van der Waals surface area contributed by atoms with Crippen LogP contribution in [0.4, 0.5) is 0 Å². The lowest BCUT2D eigenvalue weighted by Gasteiger charge is -2.34. The summed E-state index contributed by atoms with van der Waals surface area (Å²) in [5, 5.41) is 35.1. The maximum absolute atomic E-state index is 13.5. The third-order valence-electron chi connectivity index (χ3n) is 22.2. The van der Waals surface area contributed by atoms with Gasteiger partial charge in [-0.15, -0.1) is 0 Å². The van der Waals surface area contributed by atoms with Crippen molar-refractivity contribution >= 4 is 87.2 Å². The topological polar surface area (TPSA) is 67.3 Å². The first kappa shape index (κ1) is 55.7. The molecule has 0 spiro atoms. The number of benzene rings is 15. The zero-order valence-electron chi connectivity index (χ0n) is 54.0. The van der Waals surface area contributed by atoms with Crippen molar-refractivity contribution in [1.29, 1.82) is 10.5 Å². The molecular weight excluding hydrogens is 1210 g/mol. The molecule has 462 valence electrons. The van der Waals surface area contributed by atoms with Crippen molar-refractivity contribution in [3.8, 4) is 57.1 Å². The van der Waals surface area contributed by atoms with E-state index in [1.165, 1.54) is 5.56 Å². The summed E-state index contributed by atoms with van der Waals surface area (Å²) in [6.45, 7) is 0. The van der Waals surface area contributed by atoms with E-state index in [1.807, 2.05) is 0 Å². The summed E-state index contributed by atoms with van der Waals surface area (Å²) in [4.78, 5) is 0. The van der Waals surface area contributed by atoms with Gasteiger partial charge < -0.3 is 18.3 Å². The van der Waals surface area contributed by atoms with Crippen LogP contribution in [0, 0.1) is 22.7 Å². The highest BCUT2D eigenvalue weighted by Gasteiger charge is 2.50. The van der Waals surface area contributed by atoms with Crippen LogP contribution in [0.1, 0.15) is 55.6 Å². The molecule has 0 unspecified atom stereocenters. The average molecular weight is 1270 g/mol. The Morgan fingerprint density at radius 1 is 0.210 bits per heavy atom. The molecule has 0 fully saturated rings. The third-order valence-corrected chi connectivity index (χ3v) is 22.2. The van der Waals surface area contributed by atoms with E-state index in [4.69, 9.17) is 0 Å². The van der Waals surface area contributed by atoms with E-state index >= 15 is 0 Å². The Hall–Kier alpha value is -13.5. The van der Waals surface area contributed by atoms with Crippen LogP contribution in [0.2, 0.25) is 0 Å². The minimum Gasteiger partial charge on any atom is -0.306 e. The summed E-state index contributed by atoms with van der Waals surface area (Å²) in [6, 6.07) is 129. The van der Waals surface area contributed by atoms with Crippen molar-refractivity contribution in [2.24, 2.45) is 0 Å². The normalized spacial score (nSPS) is 13.3. The Morgan fingerprint density at radius 2 is 0.470 bits per heavy atom. The predicted octanol–water partition coefficient (Wildman–Crippen LogP) is 22.5. The van der Waals surface area contributed by atoms with Gasteiger partial charge in [-0.2, -0.15) is 10.5 Å². The first-order chi connectivity index (χ1) is 49.6. The summed E-state index contributed by atoms with van der Waals surface area (Å²) in [6.07, 6.45) is 0. The first-order valence-electron chi connectivity index (χ1n) is 34.2. The predicted molar refractivity (Wildman–Crippen MR) is 408 cm³/mol. The molecule has 19 aromatic rings. The maximum atomic E-state index is 13.5. The number of nitrogens with zero attached hydrogens (tertiary/aromatic N) is 6. The highest BCUT2D eigenvalue weighted by atomic mass is 15.1. The zero-order chi connectivity index (χ0) is 66.0. The molecule has 0 atom stereocenters. The second-order valence-corrected chi connectivity index (χ2v) is 26.6. The molecule has 0 saturated carbocycles. The molecule has 4 heterocycles. The Kier molecular flexibility index (Phi) is 11.7. The minimum atomic E-state index is -0.764. The highest BCUT2D eigenvalue weighted by molar-refractivity contribution is 6.20. The van der Waals surface area contributed by atoms with E-state index in [9.17, 15) is 10.5 Å². The highest BCUT2D eigenvalue weighted by Crippen LogP contribution is 2.62. The van der Waals surface area contributed by atoms with E-state index in [2.05, 4.69) is 370 Å².